The Hall–Kier alpha value is -0.460. The molecule has 0 atom stereocenters. The maximum atomic E-state index is 12.5. The highest BCUT2D eigenvalue weighted by Crippen LogP contribution is 2.22. The lowest BCUT2D eigenvalue weighted by Crippen LogP contribution is -2.00. The van der Waals surface area contributed by atoms with E-state index >= 15 is 0 Å². The van der Waals surface area contributed by atoms with Gasteiger partial charge in [0.05, 0.1) is 5.69 Å². The van der Waals surface area contributed by atoms with Crippen molar-refractivity contribution < 1.29 is 13.2 Å². The van der Waals surface area contributed by atoms with E-state index in [0.717, 1.165) is 6.07 Å². The van der Waals surface area contributed by atoms with E-state index in [1.807, 2.05) is 0 Å². The Kier molecular flexibility index (Phi) is 2.26. The number of hydrogen-bond acceptors (Lipinski definition) is 1. The van der Waals surface area contributed by atoms with Crippen LogP contribution in [0.4, 0.5) is 18.9 Å². The Morgan fingerprint density at radius 2 is 1.73 bits per heavy atom. The first-order chi connectivity index (χ1) is 5.04. The van der Waals surface area contributed by atoms with Gasteiger partial charge in [-0.25, -0.2) is 13.2 Å². The second-order valence-corrected chi connectivity index (χ2v) is 3.04. The summed E-state index contributed by atoms with van der Waals surface area (Å²) in [4.78, 5) is 0. The molecule has 5 heteroatoms. The predicted octanol–water partition coefficient (Wildman–Crippen LogP) is 2.29. The van der Waals surface area contributed by atoms with Crippen LogP contribution in [0.3, 0.4) is 0 Å². The minimum Gasteiger partial charge on any atom is -0.395 e. The fourth-order valence-corrected chi connectivity index (χ4v) is 1.09. The molecule has 2 N–H and O–H groups in total. The lowest BCUT2D eigenvalue weighted by Gasteiger charge is -2.00. The molecule has 0 aromatic heterocycles. The van der Waals surface area contributed by atoms with Gasteiger partial charge < -0.3 is 5.73 Å². The van der Waals surface area contributed by atoms with Crippen LogP contribution in [-0.2, 0) is 0 Å². The van der Waals surface area contributed by atoms with Crippen LogP contribution in [0.1, 0.15) is 0 Å². The molecule has 1 nitrogen and oxygen atoms in total. The van der Waals surface area contributed by atoms with E-state index in [2.05, 4.69) is 0 Å². The average molecular weight is 273 g/mol. The Balaban J connectivity index is 3.46. The van der Waals surface area contributed by atoms with Crippen LogP contribution in [0.2, 0.25) is 0 Å². The quantitative estimate of drug-likeness (QED) is 0.334. The van der Waals surface area contributed by atoms with E-state index in [1.165, 1.54) is 0 Å². The third-order valence-corrected chi connectivity index (χ3v) is 2.04. The summed E-state index contributed by atoms with van der Waals surface area (Å²) in [5, 5.41) is 0. The molecule has 0 radical (unpaired) electrons. The standard InChI is InChI=1S/C6H3F3IN/c7-2-1-3(10)6(11)5(9)4(2)8/h1H,11H2. The highest BCUT2D eigenvalue weighted by molar-refractivity contribution is 14.1. The van der Waals surface area contributed by atoms with Gasteiger partial charge in [0.1, 0.15) is 0 Å². The van der Waals surface area contributed by atoms with Crippen molar-refractivity contribution in [3.63, 3.8) is 0 Å². The summed E-state index contributed by atoms with van der Waals surface area (Å²) in [5.41, 5.74) is 4.71. The molecule has 1 aromatic rings. The molecule has 0 aliphatic heterocycles. The van der Waals surface area contributed by atoms with Gasteiger partial charge in [-0.2, -0.15) is 0 Å². The number of nitrogen functional groups attached to an aromatic ring is 1. The number of anilines is 1. The van der Waals surface area contributed by atoms with E-state index in [0.29, 0.717) is 0 Å². The average Bonchev–Trinajstić information content (AvgIpc) is 1.97. The number of halogens is 4. The molecular formula is C6H3F3IN. The minimum absolute atomic E-state index is 0.166. The van der Waals surface area contributed by atoms with Gasteiger partial charge in [0.2, 0.25) is 0 Å². The summed E-state index contributed by atoms with van der Waals surface area (Å²) in [6.45, 7) is 0. The molecule has 1 aromatic carbocycles. The van der Waals surface area contributed by atoms with Crippen LogP contribution in [0.15, 0.2) is 6.07 Å². The molecule has 0 amide bonds. The molecule has 0 fully saturated rings. The normalized spacial score (nSPS) is 10.2. The molecule has 0 saturated carbocycles. The van der Waals surface area contributed by atoms with Crippen LogP contribution >= 0.6 is 22.6 Å². The fourth-order valence-electron chi connectivity index (χ4n) is 0.580. The third kappa shape index (κ3) is 1.42. The van der Waals surface area contributed by atoms with Gasteiger partial charge >= 0.3 is 0 Å². The molecule has 0 spiro atoms. The fraction of sp³-hybridized carbons (Fsp3) is 0. The Labute approximate surface area is 74.5 Å². The first-order valence-corrected chi connectivity index (χ1v) is 3.70. The van der Waals surface area contributed by atoms with Crippen molar-refractivity contribution in [3.05, 3.63) is 27.1 Å². The molecule has 1 rings (SSSR count). The summed E-state index contributed by atoms with van der Waals surface area (Å²) in [6.07, 6.45) is 0. The van der Waals surface area contributed by atoms with E-state index in [4.69, 9.17) is 5.73 Å². The van der Waals surface area contributed by atoms with Crippen LogP contribution in [-0.4, -0.2) is 0 Å². The number of hydrogen-bond donors (Lipinski definition) is 1. The topological polar surface area (TPSA) is 26.0 Å². The van der Waals surface area contributed by atoms with Crippen LogP contribution in [0.25, 0.3) is 0 Å². The second-order valence-electron chi connectivity index (χ2n) is 1.88. The summed E-state index contributed by atoms with van der Waals surface area (Å²) >= 11 is 1.62. The monoisotopic (exact) mass is 273 g/mol. The summed E-state index contributed by atoms with van der Waals surface area (Å²) in [6, 6.07) is 0.842. The molecule has 60 valence electrons. The Bertz CT molecular complexity index is 274. The number of rotatable bonds is 0. The van der Waals surface area contributed by atoms with E-state index < -0.39 is 17.5 Å². The molecule has 0 bridgehead atoms. The molecule has 0 unspecified atom stereocenters. The van der Waals surface area contributed by atoms with Crippen molar-refractivity contribution in [1.29, 1.82) is 0 Å². The molecule has 0 aliphatic rings. The van der Waals surface area contributed by atoms with Crippen LogP contribution in [0, 0.1) is 21.0 Å². The van der Waals surface area contributed by atoms with Gasteiger partial charge in [0, 0.05) is 3.57 Å². The molecule has 0 aliphatic carbocycles. The summed E-state index contributed by atoms with van der Waals surface area (Å²) < 4.78 is 37.4. The van der Waals surface area contributed by atoms with Gasteiger partial charge in [-0.1, -0.05) is 0 Å². The van der Waals surface area contributed by atoms with E-state index in [9.17, 15) is 13.2 Å². The first-order valence-electron chi connectivity index (χ1n) is 2.62. The minimum atomic E-state index is -1.53. The Morgan fingerprint density at radius 1 is 1.18 bits per heavy atom. The third-order valence-electron chi connectivity index (χ3n) is 1.15. The molecular weight excluding hydrogens is 270 g/mol. The highest BCUT2D eigenvalue weighted by Gasteiger charge is 2.14. The van der Waals surface area contributed by atoms with Gasteiger partial charge in [0.25, 0.3) is 0 Å². The number of nitrogens with two attached hydrogens (primary N) is 1. The highest BCUT2D eigenvalue weighted by atomic mass is 127. The van der Waals surface area contributed by atoms with Gasteiger partial charge in [0.15, 0.2) is 17.5 Å². The first kappa shape index (κ1) is 8.63. The molecule has 0 heterocycles. The SMILES string of the molecule is Nc1c(I)cc(F)c(F)c1F. The summed E-state index contributed by atoms with van der Waals surface area (Å²) in [5.74, 6) is -4.07. The molecule has 11 heavy (non-hydrogen) atoms. The van der Waals surface area contributed by atoms with Crippen molar-refractivity contribution in [2.24, 2.45) is 0 Å². The molecule has 0 saturated heterocycles. The zero-order valence-electron chi connectivity index (χ0n) is 5.17. The largest absolute Gasteiger partial charge is 0.395 e. The predicted molar refractivity (Wildman–Crippen MR) is 43.4 cm³/mol. The van der Waals surface area contributed by atoms with Crippen molar-refractivity contribution in [2.45, 2.75) is 0 Å². The van der Waals surface area contributed by atoms with E-state index in [-0.39, 0.29) is 9.26 Å². The summed E-state index contributed by atoms with van der Waals surface area (Å²) in [7, 11) is 0. The van der Waals surface area contributed by atoms with Crippen molar-refractivity contribution >= 4 is 28.3 Å². The zero-order valence-corrected chi connectivity index (χ0v) is 7.32. The lowest BCUT2D eigenvalue weighted by molar-refractivity contribution is 0.448. The van der Waals surface area contributed by atoms with Gasteiger partial charge in [-0.05, 0) is 28.7 Å². The lowest BCUT2D eigenvalue weighted by atomic mass is 10.3. The smallest absolute Gasteiger partial charge is 0.196 e. The Morgan fingerprint density at radius 3 is 2.27 bits per heavy atom. The van der Waals surface area contributed by atoms with Gasteiger partial charge in [-0.15, -0.1) is 0 Å². The van der Waals surface area contributed by atoms with Crippen molar-refractivity contribution in [1.82, 2.24) is 0 Å². The van der Waals surface area contributed by atoms with E-state index in [1.54, 1.807) is 22.6 Å². The van der Waals surface area contributed by atoms with Crippen molar-refractivity contribution in [2.75, 3.05) is 5.73 Å². The van der Waals surface area contributed by atoms with Crippen LogP contribution < -0.4 is 5.73 Å². The number of benzene rings is 1. The van der Waals surface area contributed by atoms with Crippen LogP contribution in [0.5, 0.6) is 0 Å². The van der Waals surface area contributed by atoms with Gasteiger partial charge in [-0.3, -0.25) is 0 Å². The maximum absolute atomic E-state index is 12.5. The zero-order chi connectivity index (χ0) is 8.59. The maximum Gasteiger partial charge on any atom is 0.196 e. The second kappa shape index (κ2) is 2.88. The van der Waals surface area contributed by atoms with Crippen molar-refractivity contribution in [3.8, 4) is 0 Å².